The lowest BCUT2D eigenvalue weighted by Gasteiger charge is -2.35. The Balaban J connectivity index is 1.99. The summed E-state index contributed by atoms with van der Waals surface area (Å²) in [4.78, 5) is 14.3. The molecule has 0 aromatic heterocycles. The number of nitrogens with one attached hydrogen (secondary N) is 1. The maximum absolute atomic E-state index is 12.1. The van der Waals surface area contributed by atoms with E-state index in [0.29, 0.717) is 36.5 Å². The topological polar surface area (TPSA) is 32.3 Å². The Morgan fingerprint density at radius 1 is 1.33 bits per heavy atom. The minimum absolute atomic E-state index is 0.308. The van der Waals surface area contributed by atoms with Crippen LogP contribution in [0.4, 0.5) is 0 Å². The van der Waals surface area contributed by atoms with E-state index in [1.807, 2.05) is 0 Å². The Bertz CT molecular complexity index is 286. The van der Waals surface area contributed by atoms with Crippen molar-refractivity contribution in [3.05, 3.63) is 0 Å². The van der Waals surface area contributed by atoms with E-state index in [0.717, 1.165) is 6.42 Å². The highest BCUT2D eigenvalue weighted by atomic mass is 16.2. The van der Waals surface area contributed by atoms with Crippen molar-refractivity contribution in [2.24, 2.45) is 11.8 Å². The second-order valence-electron chi connectivity index (χ2n) is 6.27. The third-order valence-electron chi connectivity index (χ3n) is 4.81. The molecule has 3 nitrogen and oxygen atoms in total. The summed E-state index contributed by atoms with van der Waals surface area (Å²) in [5.41, 5.74) is 0. The molecule has 2 fully saturated rings. The van der Waals surface area contributed by atoms with Crippen LogP contribution in [0.25, 0.3) is 0 Å². The summed E-state index contributed by atoms with van der Waals surface area (Å²) < 4.78 is 0. The van der Waals surface area contributed by atoms with Crippen LogP contribution in [0.2, 0.25) is 0 Å². The molecule has 2 aliphatic rings. The fourth-order valence-electron chi connectivity index (χ4n) is 3.59. The van der Waals surface area contributed by atoms with Gasteiger partial charge >= 0.3 is 0 Å². The molecule has 1 heterocycles. The lowest BCUT2D eigenvalue weighted by molar-refractivity contribution is -0.131. The minimum Gasteiger partial charge on any atom is -0.323 e. The van der Waals surface area contributed by atoms with Crippen molar-refractivity contribution in [3.63, 3.8) is 0 Å². The van der Waals surface area contributed by atoms with Crippen LogP contribution in [0, 0.1) is 11.8 Å². The Hall–Kier alpha value is -0.570. The predicted octanol–water partition coefficient (Wildman–Crippen LogP) is 2.76. The van der Waals surface area contributed by atoms with Gasteiger partial charge in [-0.05, 0) is 38.0 Å². The molecule has 0 radical (unpaired) electrons. The molecule has 1 saturated carbocycles. The third kappa shape index (κ3) is 2.87. The summed E-state index contributed by atoms with van der Waals surface area (Å²) in [5.74, 6) is 1.70. The van der Waals surface area contributed by atoms with Gasteiger partial charge in [0.15, 0.2) is 0 Å². The van der Waals surface area contributed by atoms with E-state index < -0.39 is 0 Å². The van der Waals surface area contributed by atoms with E-state index in [2.05, 4.69) is 31.0 Å². The first-order valence-electron chi connectivity index (χ1n) is 7.68. The first-order valence-corrected chi connectivity index (χ1v) is 7.68. The summed E-state index contributed by atoms with van der Waals surface area (Å²) >= 11 is 0. The average Bonchev–Trinajstić information content (AvgIpc) is 2.97. The normalized spacial score (nSPS) is 28.9. The standard InChI is InChI=1S/C15H28N2O/c1-4-11(2)9-12(3)17-14(18)10-16-15(17)13-7-5-6-8-13/h11-13,15-16H,4-10H2,1-3H3. The highest BCUT2D eigenvalue weighted by molar-refractivity contribution is 5.81. The van der Waals surface area contributed by atoms with E-state index in [-0.39, 0.29) is 0 Å². The fourth-order valence-corrected chi connectivity index (χ4v) is 3.59. The molecule has 0 spiro atoms. The maximum Gasteiger partial charge on any atom is 0.238 e. The van der Waals surface area contributed by atoms with Crippen LogP contribution in [-0.4, -0.2) is 29.6 Å². The van der Waals surface area contributed by atoms with E-state index >= 15 is 0 Å². The number of amides is 1. The molecule has 3 heteroatoms. The lowest BCUT2D eigenvalue weighted by Crippen LogP contribution is -2.47. The van der Waals surface area contributed by atoms with Crippen molar-refractivity contribution >= 4 is 5.91 Å². The molecule has 1 amide bonds. The van der Waals surface area contributed by atoms with Crippen LogP contribution in [0.1, 0.15) is 59.3 Å². The SMILES string of the molecule is CCC(C)CC(C)N1C(=O)CNC1C1CCCC1. The largest absolute Gasteiger partial charge is 0.323 e. The zero-order valence-electron chi connectivity index (χ0n) is 12.1. The molecular weight excluding hydrogens is 224 g/mol. The summed E-state index contributed by atoms with van der Waals surface area (Å²) in [5, 5.41) is 3.45. The number of hydrogen-bond acceptors (Lipinski definition) is 2. The van der Waals surface area contributed by atoms with Crippen LogP contribution in [-0.2, 0) is 4.79 Å². The third-order valence-corrected chi connectivity index (χ3v) is 4.81. The Morgan fingerprint density at radius 3 is 2.61 bits per heavy atom. The molecule has 18 heavy (non-hydrogen) atoms. The van der Waals surface area contributed by atoms with Gasteiger partial charge in [0.25, 0.3) is 0 Å². The van der Waals surface area contributed by atoms with Gasteiger partial charge in [0.2, 0.25) is 5.91 Å². The van der Waals surface area contributed by atoms with Crippen molar-refractivity contribution in [1.82, 2.24) is 10.2 Å². The monoisotopic (exact) mass is 252 g/mol. The van der Waals surface area contributed by atoms with Crippen LogP contribution in [0.3, 0.4) is 0 Å². The molecule has 104 valence electrons. The first kappa shape index (κ1) is 13.9. The average molecular weight is 252 g/mol. The molecule has 0 bridgehead atoms. The summed E-state index contributed by atoms with van der Waals surface area (Å²) in [6, 6.07) is 0.382. The van der Waals surface area contributed by atoms with Crippen molar-refractivity contribution in [2.75, 3.05) is 6.54 Å². The van der Waals surface area contributed by atoms with E-state index in [4.69, 9.17) is 0 Å². The Kier molecular flexibility index (Phi) is 4.66. The van der Waals surface area contributed by atoms with Gasteiger partial charge in [-0.25, -0.2) is 0 Å². The van der Waals surface area contributed by atoms with Crippen LogP contribution < -0.4 is 5.32 Å². The van der Waals surface area contributed by atoms with Gasteiger partial charge in [0.1, 0.15) is 0 Å². The zero-order chi connectivity index (χ0) is 13.1. The number of nitrogens with zero attached hydrogens (tertiary/aromatic N) is 1. The van der Waals surface area contributed by atoms with Gasteiger partial charge in [0, 0.05) is 6.04 Å². The second-order valence-corrected chi connectivity index (χ2v) is 6.27. The predicted molar refractivity (Wildman–Crippen MR) is 74.1 cm³/mol. The van der Waals surface area contributed by atoms with Gasteiger partial charge in [-0.3, -0.25) is 10.1 Å². The highest BCUT2D eigenvalue weighted by Gasteiger charge is 2.39. The summed E-state index contributed by atoms with van der Waals surface area (Å²) in [6.07, 6.45) is 7.91. The summed E-state index contributed by atoms with van der Waals surface area (Å²) in [7, 11) is 0. The minimum atomic E-state index is 0.308. The molecule has 1 N–H and O–H groups in total. The van der Waals surface area contributed by atoms with Gasteiger partial charge in [-0.2, -0.15) is 0 Å². The smallest absolute Gasteiger partial charge is 0.238 e. The maximum atomic E-state index is 12.1. The second kappa shape index (κ2) is 6.05. The van der Waals surface area contributed by atoms with E-state index in [9.17, 15) is 4.79 Å². The number of rotatable bonds is 5. The van der Waals surface area contributed by atoms with Crippen molar-refractivity contribution < 1.29 is 4.79 Å². The van der Waals surface area contributed by atoms with Crippen molar-refractivity contribution in [3.8, 4) is 0 Å². The molecule has 0 aromatic rings. The molecule has 1 aliphatic heterocycles. The first-order chi connectivity index (χ1) is 8.63. The van der Waals surface area contributed by atoms with Crippen LogP contribution in [0.15, 0.2) is 0 Å². The molecule has 0 aromatic carbocycles. The molecule has 1 aliphatic carbocycles. The summed E-state index contributed by atoms with van der Waals surface area (Å²) in [6.45, 7) is 7.29. The molecular formula is C15H28N2O. The lowest BCUT2D eigenvalue weighted by atomic mass is 9.97. The quantitative estimate of drug-likeness (QED) is 0.816. The van der Waals surface area contributed by atoms with Gasteiger partial charge in [-0.1, -0.05) is 33.1 Å². The van der Waals surface area contributed by atoms with E-state index in [1.165, 1.54) is 32.1 Å². The van der Waals surface area contributed by atoms with Gasteiger partial charge < -0.3 is 4.90 Å². The van der Waals surface area contributed by atoms with Crippen LogP contribution >= 0.6 is 0 Å². The number of hydrogen-bond donors (Lipinski definition) is 1. The number of carbonyl (C=O) groups is 1. The van der Waals surface area contributed by atoms with Crippen molar-refractivity contribution in [1.29, 1.82) is 0 Å². The molecule has 2 rings (SSSR count). The molecule has 3 atom stereocenters. The molecule has 3 unspecified atom stereocenters. The fraction of sp³-hybridized carbons (Fsp3) is 0.933. The van der Waals surface area contributed by atoms with Gasteiger partial charge in [-0.15, -0.1) is 0 Å². The van der Waals surface area contributed by atoms with Gasteiger partial charge in [0.05, 0.1) is 12.7 Å². The Labute approximate surface area is 111 Å². The highest BCUT2D eigenvalue weighted by Crippen LogP contribution is 2.32. The van der Waals surface area contributed by atoms with E-state index in [1.54, 1.807) is 0 Å². The number of carbonyl (C=O) groups excluding carboxylic acids is 1. The Morgan fingerprint density at radius 2 is 2.00 bits per heavy atom. The molecule has 1 saturated heterocycles. The van der Waals surface area contributed by atoms with Crippen LogP contribution in [0.5, 0.6) is 0 Å². The zero-order valence-corrected chi connectivity index (χ0v) is 12.1. The van der Waals surface area contributed by atoms with Crippen molar-refractivity contribution in [2.45, 2.75) is 71.5 Å².